The summed E-state index contributed by atoms with van der Waals surface area (Å²) < 4.78 is 3.93. The molecule has 1 fully saturated rings. The number of nitrogens with zero attached hydrogens (tertiary/aromatic N) is 1. The lowest BCUT2D eigenvalue weighted by molar-refractivity contribution is -0.147. The molecular weight excluding hydrogens is 345 g/mol. The number of halogens is 2. The number of carbonyl (C=O) groups is 1. The van der Waals surface area contributed by atoms with Crippen LogP contribution in [0.2, 0.25) is 0 Å². The number of carbonyl (C=O) groups excluding carboxylic acids is 1. The fraction of sp³-hybridized carbons (Fsp3) is 0.316. The van der Waals surface area contributed by atoms with E-state index in [0.717, 1.165) is 11.1 Å². The van der Waals surface area contributed by atoms with E-state index in [0.29, 0.717) is 6.61 Å². The summed E-state index contributed by atoms with van der Waals surface area (Å²) in [7, 11) is 0. The van der Waals surface area contributed by atoms with Crippen LogP contribution < -0.4 is 0 Å². The highest BCUT2D eigenvalue weighted by molar-refractivity contribution is 6.52. The van der Waals surface area contributed by atoms with Crippen molar-refractivity contribution in [3.63, 3.8) is 0 Å². The molecule has 0 radical (unpaired) electrons. The first-order chi connectivity index (χ1) is 11.5. The van der Waals surface area contributed by atoms with Crippen LogP contribution in [0.5, 0.6) is 0 Å². The first-order valence-electron chi connectivity index (χ1n) is 7.92. The van der Waals surface area contributed by atoms with Gasteiger partial charge in [0.25, 0.3) is 0 Å². The van der Waals surface area contributed by atoms with Gasteiger partial charge in [-0.05, 0) is 25.0 Å². The summed E-state index contributed by atoms with van der Waals surface area (Å²) >= 11 is 13.4. The van der Waals surface area contributed by atoms with E-state index in [-0.39, 0.29) is 5.97 Å². The number of alkyl halides is 2. The van der Waals surface area contributed by atoms with Crippen LogP contribution in [0, 0.1) is 0 Å². The summed E-state index contributed by atoms with van der Waals surface area (Å²) in [6.45, 7) is 3.87. The van der Waals surface area contributed by atoms with Crippen LogP contribution in [0.15, 0.2) is 60.7 Å². The molecule has 0 aliphatic carbocycles. The molecule has 2 aromatic carbocycles. The maximum Gasteiger partial charge on any atom is 0.323 e. The minimum Gasteiger partial charge on any atom is -0.465 e. The molecule has 2 unspecified atom stereocenters. The second-order valence-electron chi connectivity index (χ2n) is 5.78. The maximum absolute atomic E-state index is 12.3. The molecule has 24 heavy (non-hydrogen) atoms. The molecule has 0 amide bonds. The Labute approximate surface area is 152 Å². The highest BCUT2D eigenvalue weighted by Crippen LogP contribution is 2.68. The molecule has 0 bridgehead atoms. The van der Waals surface area contributed by atoms with Crippen molar-refractivity contribution in [2.45, 2.75) is 29.9 Å². The summed E-state index contributed by atoms with van der Waals surface area (Å²) in [4.78, 5) is 14.1. The van der Waals surface area contributed by atoms with Crippen molar-refractivity contribution >= 4 is 29.2 Å². The summed E-state index contributed by atoms with van der Waals surface area (Å²) in [6, 6.07) is 19.0. The topological polar surface area (TPSA) is 29.3 Å². The quantitative estimate of drug-likeness (QED) is 0.342. The lowest BCUT2D eigenvalue weighted by Crippen LogP contribution is -2.33. The molecule has 5 heteroatoms. The Morgan fingerprint density at radius 2 is 1.50 bits per heavy atom. The van der Waals surface area contributed by atoms with Gasteiger partial charge in [-0.15, -0.1) is 0 Å². The van der Waals surface area contributed by atoms with Crippen molar-refractivity contribution in [1.29, 1.82) is 0 Å². The van der Waals surface area contributed by atoms with E-state index in [9.17, 15) is 4.79 Å². The summed E-state index contributed by atoms with van der Waals surface area (Å²) in [5.41, 5.74) is 1.10. The maximum atomic E-state index is 12.3. The van der Waals surface area contributed by atoms with Gasteiger partial charge in [0.1, 0.15) is 11.6 Å². The molecule has 0 saturated carbocycles. The van der Waals surface area contributed by atoms with E-state index >= 15 is 0 Å². The van der Waals surface area contributed by atoms with Crippen molar-refractivity contribution < 1.29 is 9.53 Å². The molecule has 0 spiro atoms. The van der Waals surface area contributed by atoms with Gasteiger partial charge in [-0.1, -0.05) is 83.9 Å². The van der Waals surface area contributed by atoms with Crippen LogP contribution in [-0.4, -0.2) is 28.0 Å². The van der Waals surface area contributed by atoms with E-state index in [4.69, 9.17) is 27.9 Å². The van der Waals surface area contributed by atoms with Gasteiger partial charge in [-0.2, -0.15) is 0 Å². The highest BCUT2D eigenvalue weighted by Gasteiger charge is 2.78. The molecule has 0 N–H and O–H groups in total. The predicted molar refractivity (Wildman–Crippen MR) is 96.0 cm³/mol. The fourth-order valence-corrected chi connectivity index (χ4v) is 4.46. The van der Waals surface area contributed by atoms with E-state index in [2.05, 4.69) is 0 Å². The number of ether oxygens (including phenoxy) is 1. The first kappa shape index (κ1) is 17.3. The second-order valence-corrected chi connectivity index (χ2v) is 7.07. The van der Waals surface area contributed by atoms with Crippen LogP contribution in [0.1, 0.15) is 25.0 Å². The Bertz CT molecular complexity index is 679. The van der Waals surface area contributed by atoms with Gasteiger partial charge in [-0.3, -0.25) is 4.79 Å². The summed E-state index contributed by atoms with van der Waals surface area (Å²) in [5.74, 6) is -0.336. The number of esters is 1. The van der Waals surface area contributed by atoms with E-state index in [1.807, 2.05) is 60.7 Å². The Kier molecular flexibility index (Phi) is 4.60. The van der Waals surface area contributed by atoms with E-state index in [1.54, 1.807) is 18.7 Å². The average Bonchev–Trinajstić information content (AvgIpc) is 3.13. The standard InChI is InChI=1S/C19H19Cl2NO2/c1-3-24-17(23)14(2)22-18(19(22,20)21,15-10-6-4-7-11-15)16-12-8-5-9-13-16/h4-14H,3H2,1-2H3. The zero-order chi connectivity index (χ0) is 17.4. The van der Waals surface area contributed by atoms with Crippen LogP contribution in [0.4, 0.5) is 0 Å². The Morgan fingerprint density at radius 1 is 1.04 bits per heavy atom. The Hall–Kier alpha value is -1.55. The van der Waals surface area contributed by atoms with E-state index < -0.39 is 16.0 Å². The van der Waals surface area contributed by atoms with Gasteiger partial charge < -0.3 is 4.74 Å². The van der Waals surface area contributed by atoms with Gasteiger partial charge in [0.2, 0.25) is 0 Å². The first-order valence-corrected chi connectivity index (χ1v) is 8.68. The number of benzene rings is 2. The number of hydrogen-bond donors (Lipinski definition) is 0. The van der Waals surface area contributed by atoms with Gasteiger partial charge >= 0.3 is 5.97 Å². The summed E-state index contributed by atoms with van der Waals surface area (Å²) in [6.07, 6.45) is 0. The van der Waals surface area contributed by atoms with Crippen LogP contribution in [-0.2, 0) is 15.1 Å². The molecule has 2 aromatic rings. The molecule has 1 saturated heterocycles. The number of rotatable bonds is 5. The lowest BCUT2D eigenvalue weighted by Gasteiger charge is -2.21. The SMILES string of the molecule is CCOC(=O)C(C)N1C(Cl)(Cl)C1(c1ccccc1)c1ccccc1. The van der Waals surface area contributed by atoms with Crippen LogP contribution in [0.3, 0.4) is 0 Å². The molecular formula is C19H19Cl2NO2. The number of hydrogen-bond acceptors (Lipinski definition) is 3. The van der Waals surface area contributed by atoms with Gasteiger partial charge in [0.15, 0.2) is 4.46 Å². The fourth-order valence-electron chi connectivity index (χ4n) is 3.38. The Balaban J connectivity index is 2.12. The average molecular weight is 364 g/mol. The second kappa shape index (κ2) is 6.40. The van der Waals surface area contributed by atoms with Crippen LogP contribution in [0.25, 0.3) is 0 Å². The molecule has 126 valence electrons. The molecule has 1 aliphatic heterocycles. The van der Waals surface area contributed by atoms with Crippen molar-refractivity contribution in [2.75, 3.05) is 6.61 Å². The van der Waals surface area contributed by atoms with Gasteiger partial charge in [0, 0.05) is 0 Å². The third-order valence-corrected chi connectivity index (χ3v) is 5.36. The largest absolute Gasteiger partial charge is 0.465 e. The highest BCUT2D eigenvalue weighted by atomic mass is 35.5. The van der Waals surface area contributed by atoms with Crippen molar-refractivity contribution in [3.8, 4) is 0 Å². The zero-order valence-electron chi connectivity index (χ0n) is 13.6. The molecule has 2 atom stereocenters. The third-order valence-electron chi connectivity index (χ3n) is 4.45. The van der Waals surface area contributed by atoms with Crippen molar-refractivity contribution in [2.24, 2.45) is 0 Å². The predicted octanol–water partition coefficient (Wildman–Crippen LogP) is 4.33. The third kappa shape index (κ3) is 2.43. The summed E-state index contributed by atoms with van der Waals surface area (Å²) in [5, 5.41) is 0. The smallest absolute Gasteiger partial charge is 0.323 e. The van der Waals surface area contributed by atoms with Crippen molar-refractivity contribution in [1.82, 2.24) is 4.90 Å². The minimum atomic E-state index is -1.23. The van der Waals surface area contributed by atoms with Crippen LogP contribution >= 0.6 is 23.2 Å². The normalized spacial score (nSPS) is 21.8. The Morgan fingerprint density at radius 3 is 1.92 bits per heavy atom. The molecule has 0 aromatic heterocycles. The van der Waals surface area contributed by atoms with E-state index in [1.165, 1.54) is 0 Å². The lowest BCUT2D eigenvalue weighted by atomic mass is 9.90. The monoisotopic (exact) mass is 363 g/mol. The molecule has 1 heterocycles. The van der Waals surface area contributed by atoms with Crippen molar-refractivity contribution in [3.05, 3.63) is 71.8 Å². The van der Waals surface area contributed by atoms with Gasteiger partial charge in [0.05, 0.1) is 6.61 Å². The minimum absolute atomic E-state index is 0.318. The zero-order valence-corrected chi connectivity index (χ0v) is 15.1. The van der Waals surface area contributed by atoms with Gasteiger partial charge in [-0.25, -0.2) is 4.90 Å². The molecule has 3 rings (SSSR count). The molecule has 3 nitrogen and oxygen atoms in total. The molecule has 1 aliphatic rings.